The Morgan fingerprint density at radius 2 is 1.84 bits per heavy atom. The molecule has 1 atom stereocenters. The zero-order valence-electron chi connectivity index (χ0n) is 20.2. The number of hydrogen-bond acceptors (Lipinski definition) is 5. The largest absolute Gasteiger partial charge is 0.490 e. The van der Waals surface area contributed by atoms with Crippen LogP contribution in [0, 0.1) is 6.92 Å². The highest BCUT2D eigenvalue weighted by atomic mass is 19.4. The van der Waals surface area contributed by atoms with Crippen LogP contribution in [0.4, 0.5) is 13.2 Å². The molecule has 0 aliphatic carbocycles. The Morgan fingerprint density at radius 3 is 2.46 bits per heavy atom. The van der Waals surface area contributed by atoms with Crippen molar-refractivity contribution in [2.75, 3.05) is 6.54 Å². The zero-order valence-corrected chi connectivity index (χ0v) is 20.2. The van der Waals surface area contributed by atoms with Crippen molar-refractivity contribution >= 4 is 17.8 Å². The van der Waals surface area contributed by atoms with Crippen LogP contribution in [0.15, 0.2) is 54.9 Å². The molecule has 4 rings (SSSR count). The number of hydrogen-bond donors (Lipinski definition) is 2. The second-order valence-corrected chi connectivity index (χ2v) is 8.41. The van der Waals surface area contributed by atoms with E-state index in [1.165, 1.54) is 0 Å². The molecule has 196 valence electrons. The van der Waals surface area contributed by atoms with E-state index in [2.05, 4.69) is 15.3 Å². The molecule has 12 heteroatoms. The van der Waals surface area contributed by atoms with E-state index in [9.17, 15) is 22.8 Å². The third kappa shape index (κ3) is 7.38. The molecular weight excluding hydrogens is 491 g/mol. The van der Waals surface area contributed by atoms with Crippen LogP contribution in [0.1, 0.15) is 46.1 Å². The Bertz CT molecular complexity index is 1260. The molecule has 0 saturated heterocycles. The van der Waals surface area contributed by atoms with Crippen LogP contribution in [0.5, 0.6) is 0 Å². The molecule has 37 heavy (non-hydrogen) atoms. The lowest BCUT2D eigenvalue weighted by atomic mass is 10.1. The molecule has 1 aliphatic heterocycles. The number of alkyl halides is 3. The van der Waals surface area contributed by atoms with Gasteiger partial charge in [-0.2, -0.15) is 13.2 Å². The lowest BCUT2D eigenvalue weighted by Crippen LogP contribution is -2.41. The number of aliphatic carboxylic acids is 1. The number of carbonyl (C=O) groups is 3. The van der Waals surface area contributed by atoms with E-state index >= 15 is 0 Å². The van der Waals surface area contributed by atoms with Crippen molar-refractivity contribution in [2.24, 2.45) is 0 Å². The Kier molecular flexibility index (Phi) is 8.64. The van der Waals surface area contributed by atoms with E-state index in [1.807, 2.05) is 72.0 Å². The molecule has 3 heterocycles. The van der Waals surface area contributed by atoms with Gasteiger partial charge in [0, 0.05) is 31.0 Å². The number of carbonyl (C=O) groups excluding carboxylic acids is 2. The van der Waals surface area contributed by atoms with Gasteiger partial charge in [0.05, 0.1) is 30.4 Å². The van der Waals surface area contributed by atoms with E-state index < -0.39 is 12.1 Å². The number of amides is 2. The van der Waals surface area contributed by atoms with Crippen molar-refractivity contribution in [3.05, 3.63) is 83.2 Å². The Labute approximate surface area is 211 Å². The molecule has 0 saturated carbocycles. The number of rotatable bonds is 5. The molecule has 0 spiro atoms. The zero-order chi connectivity index (χ0) is 27.2. The number of aryl methyl sites for hydroxylation is 1. The first kappa shape index (κ1) is 27.4. The van der Waals surface area contributed by atoms with Gasteiger partial charge in [0.25, 0.3) is 5.91 Å². The summed E-state index contributed by atoms with van der Waals surface area (Å²) in [7, 11) is 0. The highest BCUT2D eigenvalue weighted by Crippen LogP contribution is 2.26. The van der Waals surface area contributed by atoms with Crippen molar-refractivity contribution < 1.29 is 32.7 Å². The highest BCUT2D eigenvalue weighted by molar-refractivity contribution is 5.94. The normalized spacial score (nSPS) is 14.7. The first-order valence-corrected chi connectivity index (χ1v) is 11.4. The molecule has 1 aliphatic rings. The summed E-state index contributed by atoms with van der Waals surface area (Å²) in [5.74, 6) is -2.03. The predicted molar refractivity (Wildman–Crippen MR) is 126 cm³/mol. The average molecular weight is 518 g/mol. The maximum absolute atomic E-state index is 13.0. The molecule has 0 radical (unpaired) electrons. The molecular formula is C25H26F3N5O4. The minimum Gasteiger partial charge on any atom is -0.475 e. The summed E-state index contributed by atoms with van der Waals surface area (Å²) in [5.41, 5.74) is 3.27. The third-order valence-electron chi connectivity index (χ3n) is 5.58. The summed E-state index contributed by atoms with van der Waals surface area (Å²) in [5, 5.41) is 10.0. The fourth-order valence-electron chi connectivity index (χ4n) is 3.77. The third-order valence-corrected chi connectivity index (χ3v) is 5.58. The van der Waals surface area contributed by atoms with Gasteiger partial charge in [-0.05, 0) is 38.1 Å². The minimum atomic E-state index is -5.08. The van der Waals surface area contributed by atoms with Crippen LogP contribution >= 0.6 is 0 Å². The number of nitrogens with one attached hydrogen (secondary N) is 1. The summed E-state index contributed by atoms with van der Waals surface area (Å²) in [6, 6.07) is 13.1. The van der Waals surface area contributed by atoms with Gasteiger partial charge in [-0.25, -0.2) is 9.78 Å². The smallest absolute Gasteiger partial charge is 0.475 e. The fourth-order valence-corrected chi connectivity index (χ4v) is 3.77. The molecule has 1 unspecified atom stereocenters. The van der Waals surface area contributed by atoms with Gasteiger partial charge in [-0.3, -0.25) is 14.6 Å². The lowest BCUT2D eigenvalue weighted by Gasteiger charge is -2.33. The molecule has 2 N–H and O–H groups in total. The SMILES string of the molecule is Cc1cccc(C(=O)N2CCn3cc(CC(=O)NCc4ccccn4)nc3C2C)c1.O=C(O)C(F)(F)F. The lowest BCUT2D eigenvalue weighted by molar-refractivity contribution is -0.192. The van der Waals surface area contributed by atoms with E-state index in [4.69, 9.17) is 9.90 Å². The number of benzene rings is 1. The standard InChI is InChI=1S/C23H25N5O2.C2HF3O2/c1-16-6-5-7-18(12-16)23(30)28-11-10-27-15-20(26-22(27)17(28)2)13-21(29)25-14-19-8-3-4-9-24-19;3-2(4,5)1(6)7/h3-9,12,15,17H,10-11,13-14H2,1-2H3,(H,25,29);(H,6,7). The van der Waals surface area contributed by atoms with Gasteiger partial charge >= 0.3 is 12.1 Å². The topological polar surface area (TPSA) is 117 Å². The molecule has 3 aromatic rings. The number of carboxylic acids is 1. The molecule has 2 amide bonds. The number of halogens is 3. The number of aromatic nitrogens is 3. The van der Waals surface area contributed by atoms with Crippen LogP contribution in [0.2, 0.25) is 0 Å². The first-order valence-electron chi connectivity index (χ1n) is 11.4. The predicted octanol–water partition coefficient (Wildman–Crippen LogP) is 3.30. The van der Waals surface area contributed by atoms with Crippen molar-refractivity contribution in [3.8, 4) is 0 Å². The van der Waals surface area contributed by atoms with Crippen molar-refractivity contribution in [2.45, 2.75) is 45.6 Å². The van der Waals surface area contributed by atoms with E-state index in [-0.39, 0.29) is 24.3 Å². The van der Waals surface area contributed by atoms with Gasteiger partial charge in [0.2, 0.25) is 5.91 Å². The van der Waals surface area contributed by atoms with Gasteiger partial charge in [0.1, 0.15) is 5.82 Å². The second-order valence-electron chi connectivity index (χ2n) is 8.41. The first-order chi connectivity index (χ1) is 17.5. The van der Waals surface area contributed by atoms with Crippen LogP contribution in [-0.2, 0) is 29.1 Å². The summed E-state index contributed by atoms with van der Waals surface area (Å²) in [6.07, 6.45) is -1.26. The molecule has 2 aromatic heterocycles. The maximum Gasteiger partial charge on any atom is 0.490 e. The monoisotopic (exact) mass is 517 g/mol. The molecule has 9 nitrogen and oxygen atoms in total. The van der Waals surface area contributed by atoms with Crippen LogP contribution < -0.4 is 5.32 Å². The van der Waals surface area contributed by atoms with Crippen molar-refractivity contribution in [1.29, 1.82) is 0 Å². The van der Waals surface area contributed by atoms with E-state index in [0.29, 0.717) is 30.9 Å². The van der Waals surface area contributed by atoms with Crippen LogP contribution in [0.3, 0.4) is 0 Å². The highest BCUT2D eigenvalue weighted by Gasteiger charge is 2.38. The second kappa shape index (κ2) is 11.7. The van der Waals surface area contributed by atoms with Crippen LogP contribution in [-0.4, -0.2) is 55.0 Å². The van der Waals surface area contributed by atoms with E-state index in [0.717, 1.165) is 17.1 Å². The van der Waals surface area contributed by atoms with Crippen molar-refractivity contribution in [1.82, 2.24) is 24.8 Å². The number of fused-ring (bicyclic) bond motifs is 1. The van der Waals surface area contributed by atoms with Gasteiger partial charge in [0.15, 0.2) is 0 Å². The summed E-state index contributed by atoms with van der Waals surface area (Å²) >= 11 is 0. The maximum atomic E-state index is 13.0. The molecule has 0 bridgehead atoms. The van der Waals surface area contributed by atoms with E-state index in [1.54, 1.807) is 6.20 Å². The summed E-state index contributed by atoms with van der Waals surface area (Å²) < 4.78 is 33.8. The van der Waals surface area contributed by atoms with Gasteiger partial charge < -0.3 is 19.9 Å². The van der Waals surface area contributed by atoms with Crippen LogP contribution in [0.25, 0.3) is 0 Å². The number of imidazole rings is 1. The summed E-state index contributed by atoms with van der Waals surface area (Å²) in [6.45, 7) is 5.63. The minimum absolute atomic E-state index is 0.00936. The Balaban J connectivity index is 0.000000479. The molecule has 0 fully saturated rings. The number of nitrogens with zero attached hydrogens (tertiary/aromatic N) is 4. The number of carboxylic acid groups (broad SMARTS) is 1. The van der Waals surface area contributed by atoms with Gasteiger partial charge in [-0.15, -0.1) is 0 Å². The molecule has 1 aromatic carbocycles. The summed E-state index contributed by atoms with van der Waals surface area (Å²) in [4.78, 5) is 44.9. The fraction of sp³-hybridized carbons (Fsp3) is 0.320. The Hall–Kier alpha value is -4.22. The van der Waals surface area contributed by atoms with Crippen molar-refractivity contribution in [3.63, 3.8) is 0 Å². The Morgan fingerprint density at radius 1 is 1.11 bits per heavy atom. The van der Waals surface area contributed by atoms with Gasteiger partial charge in [-0.1, -0.05) is 23.8 Å². The number of pyridine rings is 1. The average Bonchev–Trinajstić information content (AvgIpc) is 3.26. The quantitative estimate of drug-likeness (QED) is 0.537.